The van der Waals surface area contributed by atoms with E-state index in [1.54, 1.807) is 6.08 Å². The Morgan fingerprint density at radius 1 is 0.272 bits per heavy atom. The van der Waals surface area contributed by atoms with Crippen LogP contribution in [0.25, 0.3) is 65.4 Å². The normalized spacial score (nSPS) is 11.3. The summed E-state index contributed by atoms with van der Waals surface area (Å²) in [7, 11) is 0. The minimum absolute atomic E-state index is 1.08. The number of nitrogens with zero attached hydrogens (tertiary/aromatic N) is 3. The fourth-order valence-electron chi connectivity index (χ4n) is 10.5. The molecular weight excluding hydrogens is 999 g/mol. The number of benzene rings is 11. The molecule has 0 bridgehead atoms. The van der Waals surface area contributed by atoms with Crippen LogP contribution in [0.2, 0.25) is 0 Å². The van der Waals surface area contributed by atoms with Crippen LogP contribution in [-0.4, -0.2) is 0 Å². The van der Waals surface area contributed by atoms with Crippen molar-refractivity contribution in [2.75, 3.05) is 14.7 Å². The second-order valence-corrected chi connectivity index (χ2v) is 20.9. The average molecular weight is 1060 g/mol. The summed E-state index contributed by atoms with van der Waals surface area (Å²) in [5.41, 5.74) is 21.7. The van der Waals surface area contributed by atoms with Crippen LogP contribution in [-0.2, 0) is 0 Å². The highest BCUT2D eigenvalue weighted by molar-refractivity contribution is 7.18. The van der Waals surface area contributed by atoms with Crippen molar-refractivity contribution < 1.29 is 0 Å². The van der Waals surface area contributed by atoms with Gasteiger partial charge in [0.25, 0.3) is 0 Å². The van der Waals surface area contributed by atoms with Crippen LogP contribution < -0.4 is 14.7 Å². The van der Waals surface area contributed by atoms with Gasteiger partial charge in [-0.25, -0.2) is 0 Å². The Labute approximate surface area is 480 Å². The maximum absolute atomic E-state index is 3.82. The van der Waals surface area contributed by atoms with Crippen molar-refractivity contribution in [3.8, 4) is 65.4 Å². The van der Waals surface area contributed by atoms with Gasteiger partial charge in [0.2, 0.25) is 0 Å². The molecular formula is C77H59N3S. The zero-order valence-electron chi connectivity index (χ0n) is 45.1. The lowest BCUT2D eigenvalue weighted by Gasteiger charge is -2.26. The maximum Gasteiger partial charge on any atom is 0.0462 e. The number of rotatable bonds is 17. The molecule has 0 atom stereocenters. The number of allylic oxidation sites excluding steroid dienone is 5. The van der Waals surface area contributed by atoms with E-state index in [2.05, 4.69) is 338 Å². The van der Waals surface area contributed by atoms with Crippen LogP contribution in [0.15, 0.2) is 340 Å². The lowest BCUT2D eigenvalue weighted by atomic mass is 9.99. The van der Waals surface area contributed by atoms with Gasteiger partial charge in [0, 0.05) is 61.0 Å². The first-order valence-corrected chi connectivity index (χ1v) is 28.2. The molecule has 0 radical (unpaired) electrons. The third-order valence-corrected chi connectivity index (χ3v) is 15.8. The SMILES string of the molecule is C=C/C=C\C=C(/C)N(c1ccccc1)c1ccc(-c2ccc(-c3ccc(N(c4ccc(-c5ccc(-c6ccc(N(c7ccccc7)c7ccccc7)cc6)cc5)cc4)c4ccc(-c5ccc(-c6ccccc6)s5)cc4)cc3)cc2)cc1. The largest absolute Gasteiger partial charge is 0.315 e. The summed E-state index contributed by atoms with van der Waals surface area (Å²) >= 11 is 1.82. The van der Waals surface area contributed by atoms with E-state index in [0.29, 0.717) is 0 Å². The van der Waals surface area contributed by atoms with Gasteiger partial charge in [-0.3, -0.25) is 0 Å². The summed E-state index contributed by atoms with van der Waals surface area (Å²) in [6.45, 7) is 5.96. The summed E-state index contributed by atoms with van der Waals surface area (Å²) in [5, 5.41) is 0. The second-order valence-electron chi connectivity index (χ2n) is 19.9. The fraction of sp³-hybridized carbons (Fsp3) is 0.0130. The van der Waals surface area contributed by atoms with Crippen LogP contribution in [0.1, 0.15) is 6.92 Å². The van der Waals surface area contributed by atoms with E-state index in [1.807, 2.05) is 23.5 Å². The number of hydrogen-bond acceptors (Lipinski definition) is 4. The van der Waals surface area contributed by atoms with Crippen LogP contribution in [0.4, 0.5) is 45.5 Å². The molecule has 0 aliphatic heterocycles. The first-order valence-electron chi connectivity index (χ1n) is 27.4. The summed E-state index contributed by atoms with van der Waals surface area (Å²) in [6, 6.07) is 109. The van der Waals surface area contributed by atoms with E-state index in [4.69, 9.17) is 0 Å². The molecule has 11 aromatic carbocycles. The molecule has 3 nitrogen and oxygen atoms in total. The van der Waals surface area contributed by atoms with Gasteiger partial charge >= 0.3 is 0 Å². The summed E-state index contributed by atoms with van der Waals surface area (Å²) in [5.74, 6) is 0. The van der Waals surface area contributed by atoms with E-state index in [1.165, 1.54) is 48.7 Å². The van der Waals surface area contributed by atoms with Gasteiger partial charge in [0.1, 0.15) is 0 Å². The van der Waals surface area contributed by atoms with Crippen LogP contribution >= 0.6 is 11.3 Å². The highest BCUT2D eigenvalue weighted by Gasteiger charge is 2.17. The number of thiophene rings is 1. The molecule has 0 unspecified atom stereocenters. The molecule has 12 rings (SSSR count). The topological polar surface area (TPSA) is 9.72 Å². The van der Waals surface area contributed by atoms with Crippen LogP contribution in [0.5, 0.6) is 0 Å². The predicted octanol–water partition coefficient (Wildman–Crippen LogP) is 22.5. The molecule has 1 heterocycles. The molecule has 0 N–H and O–H groups in total. The van der Waals surface area contributed by atoms with Crippen molar-refractivity contribution in [2.45, 2.75) is 6.92 Å². The number of hydrogen-bond donors (Lipinski definition) is 0. The average Bonchev–Trinajstić information content (AvgIpc) is 4.07. The Kier molecular flexibility index (Phi) is 15.4. The molecule has 1 aromatic heterocycles. The molecule has 4 heteroatoms. The van der Waals surface area contributed by atoms with E-state index < -0.39 is 0 Å². The van der Waals surface area contributed by atoms with Crippen molar-refractivity contribution in [1.82, 2.24) is 0 Å². The van der Waals surface area contributed by atoms with Crippen molar-refractivity contribution >= 4 is 56.8 Å². The standard InChI is InChI=1S/C77H59N3S/c1-3-4-9-18-57(2)78(68-21-12-6-13-22-68)71-45-35-62(36-46-71)58-27-29-60(30-28-58)64-39-49-73(50-40-64)80(75-53-43-67(44-54-75)77-56-55-76(81-77)66-19-10-5-11-20-66)74-51-41-65(42-52-74)61-33-31-59(32-34-61)63-37-47-72(48-38-63)79(69-23-14-7-15-24-69)70-25-16-8-17-26-70/h3-56H,1H2,2H3/b9-4-,57-18+. The Morgan fingerprint density at radius 3 is 0.852 bits per heavy atom. The third-order valence-electron chi connectivity index (χ3n) is 14.7. The third kappa shape index (κ3) is 11.6. The molecule has 12 aromatic rings. The van der Waals surface area contributed by atoms with E-state index in [-0.39, 0.29) is 0 Å². The zero-order valence-corrected chi connectivity index (χ0v) is 46.0. The molecule has 0 spiro atoms. The Morgan fingerprint density at radius 2 is 0.519 bits per heavy atom. The monoisotopic (exact) mass is 1060 g/mol. The summed E-state index contributed by atoms with van der Waals surface area (Å²) < 4.78 is 0. The first-order chi connectivity index (χ1) is 40.0. The molecule has 0 saturated heterocycles. The van der Waals surface area contributed by atoms with Gasteiger partial charge in [0.15, 0.2) is 0 Å². The first kappa shape index (κ1) is 51.5. The zero-order chi connectivity index (χ0) is 54.7. The fourth-order valence-corrected chi connectivity index (χ4v) is 11.5. The summed E-state index contributed by atoms with van der Waals surface area (Å²) in [6.07, 6.45) is 7.88. The van der Waals surface area contributed by atoms with Gasteiger partial charge in [-0.15, -0.1) is 11.3 Å². The van der Waals surface area contributed by atoms with Gasteiger partial charge in [-0.2, -0.15) is 0 Å². The van der Waals surface area contributed by atoms with Gasteiger partial charge in [0.05, 0.1) is 0 Å². The smallest absolute Gasteiger partial charge is 0.0462 e. The van der Waals surface area contributed by atoms with E-state index >= 15 is 0 Å². The van der Waals surface area contributed by atoms with Crippen molar-refractivity contribution in [3.63, 3.8) is 0 Å². The van der Waals surface area contributed by atoms with Crippen LogP contribution in [0, 0.1) is 0 Å². The molecule has 0 aliphatic carbocycles. The number of anilines is 8. The summed E-state index contributed by atoms with van der Waals surface area (Å²) in [4.78, 5) is 9.43. The van der Waals surface area contributed by atoms with E-state index in [0.717, 1.165) is 67.9 Å². The van der Waals surface area contributed by atoms with Gasteiger partial charge < -0.3 is 14.7 Å². The Balaban J connectivity index is 0.792. The Bertz CT molecular complexity index is 4000. The molecule has 81 heavy (non-hydrogen) atoms. The lowest BCUT2D eigenvalue weighted by Crippen LogP contribution is -2.14. The van der Waals surface area contributed by atoms with E-state index in [9.17, 15) is 0 Å². The van der Waals surface area contributed by atoms with Crippen molar-refractivity contribution in [3.05, 3.63) is 340 Å². The second kappa shape index (κ2) is 24.2. The molecule has 0 fully saturated rings. The minimum Gasteiger partial charge on any atom is -0.315 e. The van der Waals surface area contributed by atoms with Crippen molar-refractivity contribution in [2.24, 2.45) is 0 Å². The molecule has 388 valence electrons. The highest BCUT2D eigenvalue weighted by Crippen LogP contribution is 2.41. The Hall–Kier alpha value is -10.3. The number of para-hydroxylation sites is 3. The lowest BCUT2D eigenvalue weighted by molar-refractivity contribution is 1.16. The van der Waals surface area contributed by atoms with Crippen LogP contribution in [0.3, 0.4) is 0 Å². The maximum atomic E-state index is 3.82. The predicted molar refractivity (Wildman–Crippen MR) is 348 cm³/mol. The minimum atomic E-state index is 1.08. The van der Waals surface area contributed by atoms with Gasteiger partial charge in [-0.1, -0.05) is 219 Å². The molecule has 0 amide bonds. The molecule has 0 saturated carbocycles. The van der Waals surface area contributed by atoms with Crippen molar-refractivity contribution in [1.29, 1.82) is 0 Å². The quantitative estimate of drug-likeness (QED) is 0.0842. The highest BCUT2D eigenvalue weighted by atomic mass is 32.1. The van der Waals surface area contributed by atoms with Gasteiger partial charge in [-0.05, 0) is 178 Å². The molecule has 0 aliphatic rings.